The van der Waals surface area contributed by atoms with Gasteiger partial charge in [0.15, 0.2) is 0 Å². The largest absolute Gasteiger partial charge is 0.316 e. The molecule has 0 fully saturated rings. The van der Waals surface area contributed by atoms with Crippen LogP contribution in [0.5, 0.6) is 0 Å². The predicted molar refractivity (Wildman–Crippen MR) is 72.2 cm³/mol. The number of fused-ring (bicyclic) bond motifs is 1. The fourth-order valence-corrected chi connectivity index (χ4v) is 3.21. The number of hydrogen-bond donors (Lipinski definition) is 1. The van der Waals surface area contributed by atoms with Crippen molar-refractivity contribution in [3.8, 4) is 0 Å². The smallest absolute Gasteiger partial charge is 0.0482 e. The second-order valence-corrected chi connectivity index (χ2v) is 6.18. The average Bonchev–Trinajstić information content (AvgIpc) is 2.28. The Morgan fingerprint density at radius 3 is 2.82 bits per heavy atom. The van der Waals surface area contributed by atoms with E-state index in [1.54, 1.807) is 0 Å². The Labute approximate surface area is 105 Å². The molecule has 0 bridgehead atoms. The first-order valence-corrected chi connectivity index (χ1v) is 6.65. The van der Waals surface area contributed by atoms with Crippen molar-refractivity contribution >= 4 is 0 Å². The van der Waals surface area contributed by atoms with Gasteiger partial charge in [0.2, 0.25) is 0 Å². The van der Waals surface area contributed by atoms with Gasteiger partial charge >= 0.3 is 0 Å². The Balaban J connectivity index is 2.34. The molecule has 2 atom stereocenters. The van der Waals surface area contributed by atoms with Crippen molar-refractivity contribution in [1.82, 2.24) is 10.3 Å². The SMILES string of the molecule is CNC(C1CCCc2cccnc21)C(C)(C)C. The van der Waals surface area contributed by atoms with Crippen molar-refractivity contribution < 1.29 is 0 Å². The Bertz CT molecular complexity index is 379. The first kappa shape index (κ1) is 12.6. The van der Waals surface area contributed by atoms with Crippen LogP contribution in [0.4, 0.5) is 0 Å². The number of aromatic nitrogens is 1. The molecule has 0 aliphatic heterocycles. The second-order valence-electron chi connectivity index (χ2n) is 6.18. The third kappa shape index (κ3) is 2.52. The zero-order valence-electron chi connectivity index (χ0n) is 11.5. The van der Waals surface area contributed by atoms with E-state index in [2.05, 4.69) is 50.3 Å². The molecule has 0 amide bonds. The van der Waals surface area contributed by atoms with E-state index in [9.17, 15) is 0 Å². The maximum Gasteiger partial charge on any atom is 0.0482 e. The lowest BCUT2D eigenvalue weighted by Gasteiger charge is -2.39. The van der Waals surface area contributed by atoms with Crippen molar-refractivity contribution in [2.45, 2.75) is 52.0 Å². The molecule has 0 aromatic carbocycles. The summed E-state index contributed by atoms with van der Waals surface area (Å²) < 4.78 is 0. The van der Waals surface area contributed by atoms with Gasteiger partial charge in [-0.15, -0.1) is 0 Å². The molecule has 0 saturated heterocycles. The van der Waals surface area contributed by atoms with E-state index in [4.69, 9.17) is 0 Å². The molecular weight excluding hydrogens is 208 g/mol. The molecule has 0 saturated carbocycles. The molecule has 2 unspecified atom stereocenters. The summed E-state index contributed by atoms with van der Waals surface area (Å²) in [7, 11) is 2.08. The first-order chi connectivity index (χ1) is 8.04. The van der Waals surface area contributed by atoms with Gasteiger partial charge in [-0.2, -0.15) is 0 Å². The van der Waals surface area contributed by atoms with E-state index in [1.165, 1.54) is 30.5 Å². The van der Waals surface area contributed by atoms with Crippen LogP contribution >= 0.6 is 0 Å². The highest BCUT2D eigenvalue weighted by molar-refractivity contribution is 5.27. The third-order valence-corrected chi connectivity index (χ3v) is 3.88. The predicted octanol–water partition coefficient (Wildman–Crippen LogP) is 3.14. The van der Waals surface area contributed by atoms with Crippen LogP contribution in [-0.2, 0) is 6.42 Å². The van der Waals surface area contributed by atoms with Crippen LogP contribution in [0.3, 0.4) is 0 Å². The van der Waals surface area contributed by atoms with Gasteiger partial charge in [-0.3, -0.25) is 4.98 Å². The van der Waals surface area contributed by atoms with Crippen LogP contribution in [0.1, 0.15) is 50.8 Å². The Hall–Kier alpha value is -0.890. The van der Waals surface area contributed by atoms with Gasteiger partial charge in [-0.25, -0.2) is 0 Å². The van der Waals surface area contributed by atoms with Crippen molar-refractivity contribution in [3.63, 3.8) is 0 Å². The fourth-order valence-electron chi connectivity index (χ4n) is 3.21. The number of pyridine rings is 1. The zero-order chi connectivity index (χ0) is 12.5. The molecule has 1 aliphatic rings. The summed E-state index contributed by atoms with van der Waals surface area (Å²) in [4.78, 5) is 4.64. The molecule has 1 aliphatic carbocycles. The van der Waals surface area contributed by atoms with E-state index in [-0.39, 0.29) is 5.41 Å². The van der Waals surface area contributed by atoms with Gasteiger partial charge in [0, 0.05) is 23.9 Å². The maximum atomic E-state index is 4.64. The normalized spacial score (nSPS) is 22.0. The minimum absolute atomic E-state index is 0.269. The van der Waals surface area contributed by atoms with E-state index < -0.39 is 0 Å². The van der Waals surface area contributed by atoms with Crippen LogP contribution in [0.2, 0.25) is 0 Å². The number of likely N-dealkylation sites (N-methyl/N-ethyl adjacent to an activating group) is 1. The molecular formula is C15H24N2. The van der Waals surface area contributed by atoms with E-state index in [0.29, 0.717) is 12.0 Å². The first-order valence-electron chi connectivity index (χ1n) is 6.65. The third-order valence-electron chi connectivity index (χ3n) is 3.88. The van der Waals surface area contributed by atoms with Gasteiger partial charge in [0.05, 0.1) is 0 Å². The highest BCUT2D eigenvalue weighted by atomic mass is 14.9. The lowest BCUT2D eigenvalue weighted by Crippen LogP contribution is -2.44. The highest BCUT2D eigenvalue weighted by Crippen LogP contribution is 2.38. The zero-order valence-corrected chi connectivity index (χ0v) is 11.5. The summed E-state index contributed by atoms with van der Waals surface area (Å²) in [5, 5.41) is 3.51. The summed E-state index contributed by atoms with van der Waals surface area (Å²) in [5.74, 6) is 0.560. The number of aryl methyl sites for hydroxylation is 1. The maximum absolute atomic E-state index is 4.64. The molecule has 2 rings (SSSR count). The van der Waals surface area contributed by atoms with Gasteiger partial charge in [0.1, 0.15) is 0 Å². The van der Waals surface area contributed by atoms with Crippen LogP contribution in [0.25, 0.3) is 0 Å². The lowest BCUT2D eigenvalue weighted by molar-refractivity contribution is 0.227. The average molecular weight is 232 g/mol. The number of nitrogens with zero attached hydrogens (tertiary/aromatic N) is 1. The molecule has 1 aromatic rings. The lowest BCUT2D eigenvalue weighted by atomic mass is 9.72. The summed E-state index contributed by atoms with van der Waals surface area (Å²) >= 11 is 0. The minimum atomic E-state index is 0.269. The minimum Gasteiger partial charge on any atom is -0.316 e. The van der Waals surface area contributed by atoms with Crippen LogP contribution in [0, 0.1) is 5.41 Å². The number of rotatable bonds is 2. The summed E-state index contributed by atoms with van der Waals surface area (Å²) in [6.45, 7) is 6.93. The molecule has 2 nitrogen and oxygen atoms in total. The van der Waals surface area contributed by atoms with E-state index in [0.717, 1.165) is 0 Å². The topological polar surface area (TPSA) is 24.9 Å². The molecule has 1 heterocycles. The molecule has 0 spiro atoms. The summed E-state index contributed by atoms with van der Waals surface area (Å²) in [5.41, 5.74) is 3.05. The number of hydrogen-bond acceptors (Lipinski definition) is 2. The van der Waals surface area contributed by atoms with E-state index in [1.807, 2.05) is 6.20 Å². The van der Waals surface area contributed by atoms with Crippen LogP contribution in [0.15, 0.2) is 18.3 Å². The Kier molecular flexibility index (Phi) is 3.53. The Morgan fingerprint density at radius 1 is 1.41 bits per heavy atom. The van der Waals surface area contributed by atoms with Gasteiger partial charge in [-0.1, -0.05) is 26.8 Å². The van der Waals surface area contributed by atoms with Crippen molar-refractivity contribution in [3.05, 3.63) is 29.6 Å². The highest BCUT2D eigenvalue weighted by Gasteiger charge is 2.35. The van der Waals surface area contributed by atoms with Crippen molar-refractivity contribution in [2.75, 3.05) is 7.05 Å². The molecule has 17 heavy (non-hydrogen) atoms. The van der Waals surface area contributed by atoms with Crippen molar-refractivity contribution in [2.24, 2.45) is 5.41 Å². The summed E-state index contributed by atoms with van der Waals surface area (Å²) in [6, 6.07) is 4.80. The molecule has 94 valence electrons. The van der Waals surface area contributed by atoms with E-state index >= 15 is 0 Å². The van der Waals surface area contributed by atoms with Crippen molar-refractivity contribution in [1.29, 1.82) is 0 Å². The quantitative estimate of drug-likeness (QED) is 0.847. The van der Waals surface area contributed by atoms with Gasteiger partial charge in [0.25, 0.3) is 0 Å². The van der Waals surface area contributed by atoms with Gasteiger partial charge in [-0.05, 0) is 43.4 Å². The Morgan fingerprint density at radius 2 is 2.18 bits per heavy atom. The molecule has 1 N–H and O–H groups in total. The number of nitrogens with one attached hydrogen (secondary N) is 1. The standard InChI is InChI=1S/C15H24N2/c1-15(2,3)14(16-4)12-9-5-7-11-8-6-10-17-13(11)12/h6,8,10,12,14,16H,5,7,9H2,1-4H3. The monoisotopic (exact) mass is 232 g/mol. The summed E-state index contributed by atoms with van der Waals surface area (Å²) in [6.07, 6.45) is 5.68. The second kappa shape index (κ2) is 4.77. The molecule has 1 aromatic heterocycles. The molecule has 2 heteroatoms. The molecule has 0 radical (unpaired) electrons. The van der Waals surface area contributed by atoms with Crippen LogP contribution in [-0.4, -0.2) is 18.1 Å². The van der Waals surface area contributed by atoms with Crippen LogP contribution < -0.4 is 5.32 Å². The van der Waals surface area contributed by atoms with Gasteiger partial charge < -0.3 is 5.32 Å². The fraction of sp³-hybridized carbons (Fsp3) is 0.667.